The first-order valence-electron chi connectivity index (χ1n) is 13.7. The van der Waals surface area contributed by atoms with Gasteiger partial charge in [-0.25, -0.2) is 0 Å². The molecule has 0 spiro atoms. The lowest BCUT2D eigenvalue weighted by Crippen LogP contribution is -2.36. The Morgan fingerprint density at radius 1 is 0.744 bits per heavy atom. The number of ether oxygens (including phenoxy) is 4. The molecule has 0 unspecified atom stereocenters. The normalized spacial score (nSPS) is 13.1. The second-order valence-electron chi connectivity index (χ2n) is 10.1. The van der Waals surface area contributed by atoms with Crippen LogP contribution in [0, 0.1) is 0 Å². The molecule has 1 aromatic heterocycles. The topological polar surface area (TPSA) is 87.4 Å². The lowest BCUT2D eigenvalue weighted by atomic mass is 9.97. The zero-order valence-electron chi connectivity index (χ0n) is 23.2. The van der Waals surface area contributed by atoms with Crippen LogP contribution in [-0.2, 0) is 12.4 Å². The van der Waals surface area contributed by atoms with Gasteiger partial charge in [-0.15, -0.1) is 0 Å². The largest absolute Gasteiger partial charge is 0.502 e. The highest BCUT2D eigenvalue weighted by Gasteiger charge is 2.45. The Labute approximate surface area is 247 Å². The maximum atomic E-state index is 13.5. The molecule has 2 heterocycles. The Bertz CT molecular complexity index is 1950. The highest BCUT2D eigenvalue weighted by atomic mass is 16.7. The third-order valence-electron chi connectivity index (χ3n) is 7.40. The molecule has 0 fully saturated rings. The van der Waals surface area contributed by atoms with Crippen LogP contribution in [0.2, 0.25) is 0 Å². The van der Waals surface area contributed by atoms with Crippen molar-refractivity contribution in [1.82, 2.24) is 0 Å². The molecule has 7 nitrogen and oxygen atoms in total. The fourth-order valence-electron chi connectivity index (χ4n) is 5.30. The number of hydrogen-bond acceptors (Lipinski definition) is 7. The van der Waals surface area contributed by atoms with Gasteiger partial charge in [0.05, 0.1) is 7.11 Å². The molecule has 43 heavy (non-hydrogen) atoms. The standard InChI is InChI=1S/C36H26O7/c1-39-32-21-31-33(35(34(32)38)40-22-23-11-5-2-6-12-23)27(37)20-29(41-31)24-17-18-28-30(19-24)43-36(42-28,25-13-7-3-8-14-25)26-15-9-4-10-16-26/h2-21,38H,22H2,1H3. The van der Waals surface area contributed by atoms with Gasteiger partial charge in [0.1, 0.15) is 23.3 Å². The first-order chi connectivity index (χ1) is 21.1. The molecule has 0 amide bonds. The molecule has 0 bridgehead atoms. The number of aromatic hydroxyl groups is 1. The molecular formula is C36H26O7. The van der Waals surface area contributed by atoms with Crippen molar-refractivity contribution in [3.8, 4) is 40.1 Å². The quantitative estimate of drug-likeness (QED) is 0.214. The van der Waals surface area contributed by atoms with Crippen LogP contribution in [0.1, 0.15) is 16.7 Å². The van der Waals surface area contributed by atoms with E-state index in [4.69, 9.17) is 23.4 Å². The number of hydrogen-bond donors (Lipinski definition) is 1. The second-order valence-corrected chi connectivity index (χ2v) is 10.1. The number of methoxy groups -OCH3 is 1. The number of fused-ring (bicyclic) bond motifs is 2. The van der Waals surface area contributed by atoms with Crippen molar-refractivity contribution in [1.29, 1.82) is 0 Å². The van der Waals surface area contributed by atoms with Gasteiger partial charge in [0, 0.05) is 28.8 Å². The predicted octanol–water partition coefficient (Wildman–Crippen LogP) is 7.43. The van der Waals surface area contributed by atoms with Crippen LogP contribution in [0.3, 0.4) is 0 Å². The fourth-order valence-corrected chi connectivity index (χ4v) is 5.30. The smallest absolute Gasteiger partial charge is 0.305 e. The first-order valence-corrected chi connectivity index (χ1v) is 13.7. The average Bonchev–Trinajstić information content (AvgIpc) is 3.46. The number of benzene rings is 5. The molecule has 6 aromatic rings. The Morgan fingerprint density at radius 2 is 1.37 bits per heavy atom. The Balaban J connectivity index is 1.29. The minimum absolute atomic E-state index is 0.000282. The van der Waals surface area contributed by atoms with E-state index in [-0.39, 0.29) is 40.3 Å². The molecule has 212 valence electrons. The van der Waals surface area contributed by atoms with E-state index in [2.05, 4.69) is 0 Å². The Hall–Kier alpha value is -5.69. The number of phenols is 1. The molecule has 7 heteroatoms. The summed E-state index contributed by atoms with van der Waals surface area (Å²) in [5.74, 6) is 0.0429. The monoisotopic (exact) mass is 570 g/mol. The van der Waals surface area contributed by atoms with E-state index in [9.17, 15) is 9.90 Å². The Kier molecular flexibility index (Phi) is 6.47. The molecule has 1 N–H and O–H groups in total. The van der Waals surface area contributed by atoms with Crippen LogP contribution >= 0.6 is 0 Å². The molecule has 1 aliphatic heterocycles. The summed E-state index contributed by atoms with van der Waals surface area (Å²) in [6.45, 7) is 0.143. The zero-order chi connectivity index (χ0) is 29.4. The highest BCUT2D eigenvalue weighted by Crippen LogP contribution is 2.49. The van der Waals surface area contributed by atoms with Gasteiger partial charge in [0.2, 0.25) is 5.75 Å². The van der Waals surface area contributed by atoms with E-state index in [1.165, 1.54) is 19.2 Å². The van der Waals surface area contributed by atoms with Crippen molar-refractivity contribution in [2.45, 2.75) is 12.4 Å². The van der Waals surface area contributed by atoms with Crippen LogP contribution in [0.5, 0.6) is 28.7 Å². The van der Waals surface area contributed by atoms with Gasteiger partial charge in [-0.2, -0.15) is 0 Å². The van der Waals surface area contributed by atoms with Gasteiger partial charge >= 0.3 is 5.79 Å². The molecule has 0 saturated heterocycles. The summed E-state index contributed by atoms with van der Waals surface area (Å²) in [6.07, 6.45) is 0. The van der Waals surface area contributed by atoms with Gasteiger partial charge in [-0.05, 0) is 23.8 Å². The van der Waals surface area contributed by atoms with Crippen LogP contribution < -0.4 is 24.4 Å². The molecule has 7 rings (SSSR count). The van der Waals surface area contributed by atoms with Crippen molar-refractivity contribution in [3.05, 3.63) is 148 Å². The lowest BCUT2D eigenvalue weighted by molar-refractivity contribution is -0.0459. The summed E-state index contributed by atoms with van der Waals surface area (Å²) in [6, 6.07) is 37.2. The summed E-state index contributed by atoms with van der Waals surface area (Å²) >= 11 is 0. The van der Waals surface area contributed by atoms with Gasteiger partial charge in [-0.3, -0.25) is 4.79 Å². The van der Waals surface area contributed by atoms with Gasteiger partial charge < -0.3 is 28.5 Å². The lowest BCUT2D eigenvalue weighted by Gasteiger charge is -2.28. The van der Waals surface area contributed by atoms with Crippen LogP contribution in [0.4, 0.5) is 0 Å². The van der Waals surface area contributed by atoms with Gasteiger partial charge in [-0.1, -0.05) is 91.0 Å². The van der Waals surface area contributed by atoms with E-state index < -0.39 is 5.79 Å². The van der Waals surface area contributed by atoms with Crippen molar-refractivity contribution in [3.63, 3.8) is 0 Å². The van der Waals surface area contributed by atoms with Crippen LogP contribution in [-0.4, -0.2) is 12.2 Å². The van der Waals surface area contributed by atoms with Crippen molar-refractivity contribution in [2.24, 2.45) is 0 Å². The molecule has 0 radical (unpaired) electrons. The van der Waals surface area contributed by atoms with Crippen molar-refractivity contribution >= 4 is 11.0 Å². The molecule has 0 aliphatic carbocycles. The Morgan fingerprint density at radius 3 is 2.02 bits per heavy atom. The summed E-state index contributed by atoms with van der Waals surface area (Å²) < 4.78 is 30.6. The third kappa shape index (κ3) is 4.61. The molecule has 5 aromatic carbocycles. The summed E-state index contributed by atoms with van der Waals surface area (Å²) in [7, 11) is 1.42. The van der Waals surface area contributed by atoms with E-state index in [0.29, 0.717) is 22.8 Å². The minimum atomic E-state index is -1.18. The van der Waals surface area contributed by atoms with Crippen molar-refractivity contribution < 1.29 is 28.5 Å². The molecule has 0 saturated carbocycles. The number of rotatable bonds is 7. The molecule has 1 aliphatic rings. The third-order valence-corrected chi connectivity index (χ3v) is 7.40. The first kappa shape index (κ1) is 26.2. The van der Waals surface area contributed by atoms with E-state index in [1.54, 1.807) is 12.1 Å². The average molecular weight is 571 g/mol. The summed E-state index contributed by atoms with van der Waals surface area (Å²) in [5, 5.41) is 11.0. The summed E-state index contributed by atoms with van der Waals surface area (Å²) in [5.41, 5.74) is 2.99. The van der Waals surface area contributed by atoms with Crippen LogP contribution in [0.15, 0.2) is 131 Å². The van der Waals surface area contributed by atoms with E-state index in [1.807, 2.05) is 97.1 Å². The van der Waals surface area contributed by atoms with E-state index in [0.717, 1.165) is 16.7 Å². The number of phenolic OH excluding ortho intramolecular Hbond substituents is 1. The SMILES string of the molecule is COc1cc2oc(-c3ccc4c(c3)OC(c3ccccc3)(c3ccccc3)O4)cc(=O)c2c(OCc2ccccc2)c1O. The van der Waals surface area contributed by atoms with E-state index >= 15 is 0 Å². The fraction of sp³-hybridized carbons (Fsp3) is 0.0833. The second kappa shape index (κ2) is 10.6. The molecular weight excluding hydrogens is 544 g/mol. The van der Waals surface area contributed by atoms with Crippen molar-refractivity contribution in [2.75, 3.05) is 7.11 Å². The maximum Gasteiger partial charge on any atom is 0.305 e. The van der Waals surface area contributed by atoms with Crippen LogP contribution in [0.25, 0.3) is 22.3 Å². The maximum absolute atomic E-state index is 13.5. The highest BCUT2D eigenvalue weighted by molar-refractivity contribution is 5.90. The summed E-state index contributed by atoms with van der Waals surface area (Å²) in [4.78, 5) is 13.5. The molecule has 0 atom stereocenters. The minimum Gasteiger partial charge on any atom is -0.502 e. The predicted molar refractivity (Wildman–Crippen MR) is 162 cm³/mol. The zero-order valence-corrected chi connectivity index (χ0v) is 23.2. The van der Waals surface area contributed by atoms with Gasteiger partial charge in [0.15, 0.2) is 28.4 Å². The van der Waals surface area contributed by atoms with Gasteiger partial charge in [0.25, 0.3) is 0 Å².